The fraction of sp³-hybridized carbons (Fsp3) is 0.462. The molecule has 1 fully saturated rings. The van der Waals surface area contributed by atoms with Crippen molar-refractivity contribution in [3.05, 3.63) is 50.8 Å². The Morgan fingerprint density at radius 3 is 2.73 bits per heavy atom. The maximum absolute atomic E-state index is 12.9. The molecule has 0 bridgehead atoms. The third kappa shape index (κ3) is 5.09. The molecule has 1 aromatic heterocycles. The van der Waals surface area contributed by atoms with Crippen molar-refractivity contribution >= 4 is 45.1 Å². The second-order valence-corrected chi connectivity index (χ2v) is 10.2. The van der Waals surface area contributed by atoms with Crippen LogP contribution in [0.4, 0.5) is 5.69 Å². The fourth-order valence-electron chi connectivity index (χ4n) is 4.88. The predicted octanol–water partition coefficient (Wildman–Crippen LogP) is 4.76. The number of aryl methyl sites for hydroxylation is 1. The van der Waals surface area contributed by atoms with Crippen LogP contribution in [0.25, 0.3) is 11.6 Å². The van der Waals surface area contributed by atoms with Gasteiger partial charge >= 0.3 is 0 Å². The van der Waals surface area contributed by atoms with E-state index < -0.39 is 0 Å². The number of nitrogens with one attached hydrogen (secondary N) is 2. The smallest absolute Gasteiger partial charge is 0.256 e. The quantitative estimate of drug-likeness (QED) is 0.567. The van der Waals surface area contributed by atoms with Crippen LogP contribution in [0.3, 0.4) is 0 Å². The largest absolute Gasteiger partial charge is 0.359 e. The van der Waals surface area contributed by atoms with Crippen LogP contribution in [-0.4, -0.2) is 58.8 Å². The zero-order chi connectivity index (χ0) is 23.7. The lowest BCUT2D eigenvalue weighted by atomic mass is 10.0. The summed E-state index contributed by atoms with van der Waals surface area (Å²) in [7, 11) is 0. The van der Waals surface area contributed by atoms with Crippen molar-refractivity contribution in [1.29, 1.82) is 0 Å². The molecule has 2 amide bonds. The van der Waals surface area contributed by atoms with Gasteiger partial charge in [0.15, 0.2) is 0 Å². The molecule has 0 radical (unpaired) electrons. The summed E-state index contributed by atoms with van der Waals surface area (Å²) in [5, 5.41) is 2.93. The molecule has 2 N–H and O–H groups in total. The topological polar surface area (TPSA) is 68.4 Å². The van der Waals surface area contributed by atoms with Crippen molar-refractivity contribution in [2.24, 2.45) is 0 Å². The molecular weight excluding hydrogens is 480 g/mol. The van der Waals surface area contributed by atoms with E-state index in [1.807, 2.05) is 36.1 Å². The third-order valence-corrected chi connectivity index (χ3v) is 7.38. The summed E-state index contributed by atoms with van der Waals surface area (Å²) in [6.07, 6.45) is 4.17. The predicted molar refractivity (Wildman–Crippen MR) is 137 cm³/mol. The number of halogens is 1. The Hall–Kier alpha value is -2.38. The summed E-state index contributed by atoms with van der Waals surface area (Å²) in [4.78, 5) is 33.4. The zero-order valence-electron chi connectivity index (χ0n) is 19.9. The first-order chi connectivity index (χ1) is 15.7. The van der Waals surface area contributed by atoms with Crippen LogP contribution < -0.4 is 5.32 Å². The molecule has 33 heavy (non-hydrogen) atoms. The normalized spacial score (nSPS) is 18.1. The van der Waals surface area contributed by atoms with Crippen LogP contribution >= 0.6 is 15.9 Å². The Labute approximate surface area is 204 Å². The van der Waals surface area contributed by atoms with E-state index in [-0.39, 0.29) is 11.8 Å². The van der Waals surface area contributed by atoms with Crippen molar-refractivity contribution in [1.82, 2.24) is 14.8 Å². The van der Waals surface area contributed by atoms with Crippen LogP contribution in [0.1, 0.15) is 54.8 Å². The van der Waals surface area contributed by atoms with Crippen LogP contribution in [-0.2, 0) is 16.0 Å². The molecule has 2 aliphatic heterocycles. The standard InChI is InChI=1S/C26H33BrN4O2/c1-16(2)30-10-5-11-31(13-12-30)25(32)9-7-20-17(3)24(28-18(20)4)15-22-21-14-19(27)6-8-23(21)29-26(22)33/h6,8,14-16,28H,5,7,9-13H2,1-4H3,(H,29,33). The van der Waals surface area contributed by atoms with Gasteiger partial charge in [-0.2, -0.15) is 0 Å². The molecule has 0 spiro atoms. The third-order valence-electron chi connectivity index (χ3n) is 6.89. The van der Waals surface area contributed by atoms with E-state index in [0.29, 0.717) is 24.5 Å². The lowest BCUT2D eigenvalue weighted by Gasteiger charge is -2.25. The number of amides is 2. The van der Waals surface area contributed by atoms with Gasteiger partial charge in [-0.15, -0.1) is 0 Å². The second kappa shape index (κ2) is 9.85. The van der Waals surface area contributed by atoms with Gasteiger partial charge in [0.1, 0.15) is 0 Å². The number of anilines is 1. The molecular formula is C26H33BrN4O2. The van der Waals surface area contributed by atoms with Gasteiger partial charge < -0.3 is 15.2 Å². The van der Waals surface area contributed by atoms with Gasteiger partial charge in [0.2, 0.25) is 5.91 Å². The molecule has 6 nitrogen and oxygen atoms in total. The first-order valence-corrected chi connectivity index (χ1v) is 12.6. The van der Waals surface area contributed by atoms with E-state index in [9.17, 15) is 9.59 Å². The number of aromatic amines is 1. The molecule has 2 aromatic rings. The maximum atomic E-state index is 12.9. The number of rotatable bonds is 5. The van der Waals surface area contributed by atoms with Gasteiger partial charge in [0, 0.05) is 65.8 Å². The van der Waals surface area contributed by atoms with E-state index in [0.717, 1.165) is 65.3 Å². The summed E-state index contributed by atoms with van der Waals surface area (Å²) in [5.74, 6) is 0.137. The fourth-order valence-corrected chi connectivity index (χ4v) is 5.24. The minimum absolute atomic E-state index is 0.0944. The molecule has 176 valence electrons. The molecule has 2 aliphatic rings. The van der Waals surface area contributed by atoms with E-state index >= 15 is 0 Å². The number of benzene rings is 1. The number of hydrogen-bond donors (Lipinski definition) is 2. The first kappa shape index (κ1) is 23.8. The number of aromatic nitrogens is 1. The molecule has 1 saturated heterocycles. The zero-order valence-corrected chi connectivity index (χ0v) is 21.5. The van der Waals surface area contributed by atoms with Crippen molar-refractivity contribution in [2.75, 3.05) is 31.5 Å². The summed E-state index contributed by atoms with van der Waals surface area (Å²) in [5.41, 5.74) is 6.63. The Bertz CT molecular complexity index is 1100. The summed E-state index contributed by atoms with van der Waals surface area (Å²) >= 11 is 3.50. The van der Waals surface area contributed by atoms with Crippen LogP contribution in [0.2, 0.25) is 0 Å². The number of carbonyl (C=O) groups is 2. The highest BCUT2D eigenvalue weighted by Gasteiger charge is 2.25. The van der Waals surface area contributed by atoms with Crippen LogP contribution in [0.5, 0.6) is 0 Å². The highest BCUT2D eigenvalue weighted by atomic mass is 79.9. The van der Waals surface area contributed by atoms with Gasteiger partial charge in [-0.3, -0.25) is 14.5 Å². The van der Waals surface area contributed by atoms with Crippen molar-refractivity contribution in [3.63, 3.8) is 0 Å². The maximum Gasteiger partial charge on any atom is 0.256 e. The lowest BCUT2D eigenvalue weighted by Crippen LogP contribution is -2.37. The molecule has 1 aromatic carbocycles. The Morgan fingerprint density at radius 2 is 1.97 bits per heavy atom. The van der Waals surface area contributed by atoms with E-state index in [4.69, 9.17) is 0 Å². The first-order valence-electron chi connectivity index (χ1n) is 11.8. The SMILES string of the molecule is Cc1[nH]c(C=C2C(=O)Nc3ccc(Br)cc32)c(C)c1CCC(=O)N1CCCN(C(C)C)CC1. The number of carbonyl (C=O) groups excluding carboxylic acids is 2. The lowest BCUT2D eigenvalue weighted by molar-refractivity contribution is -0.131. The summed E-state index contributed by atoms with van der Waals surface area (Å²) in [6.45, 7) is 12.2. The van der Waals surface area contributed by atoms with E-state index in [2.05, 4.69) is 51.9 Å². The molecule has 0 saturated carbocycles. The molecule has 0 atom stereocenters. The molecule has 0 unspecified atom stereocenters. The van der Waals surface area contributed by atoms with Crippen molar-refractivity contribution in [2.45, 2.75) is 53.0 Å². The highest BCUT2D eigenvalue weighted by molar-refractivity contribution is 9.10. The number of hydrogen-bond acceptors (Lipinski definition) is 3. The Kier molecular flexibility index (Phi) is 7.10. The van der Waals surface area contributed by atoms with Gasteiger partial charge in [-0.1, -0.05) is 15.9 Å². The minimum atomic E-state index is -0.0944. The molecule has 7 heteroatoms. The second-order valence-electron chi connectivity index (χ2n) is 9.33. The molecule has 0 aliphatic carbocycles. The Morgan fingerprint density at radius 1 is 1.18 bits per heavy atom. The van der Waals surface area contributed by atoms with Crippen LogP contribution in [0, 0.1) is 13.8 Å². The highest BCUT2D eigenvalue weighted by Crippen LogP contribution is 2.35. The van der Waals surface area contributed by atoms with Crippen molar-refractivity contribution < 1.29 is 9.59 Å². The van der Waals surface area contributed by atoms with Crippen molar-refractivity contribution in [3.8, 4) is 0 Å². The number of H-pyrrole nitrogens is 1. The summed E-state index contributed by atoms with van der Waals surface area (Å²) in [6, 6.07) is 6.32. The van der Waals surface area contributed by atoms with Crippen LogP contribution in [0.15, 0.2) is 22.7 Å². The summed E-state index contributed by atoms with van der Waals surface area (Å²) < 4.78 is 0.937. The van der Waals surface area contributed by atoms with Gasteiger partial charge in [0.05, 0.1) is 5.57 Å². The van der Waals surface area contributed by atoms with Gasteiger partial charge in [-0.25, -0.2) is 0 Å². The van der Waals surface area contributed by atoms with E-state index in [1.54, 1.807) is 0 Å². The monoisotopic (exact) mass is 512 g/mol. The molecule has 4 rings (SSSR count). The van der Waals surface area contributed by atoms with E-state index in [1.165, 1.54) is 5.56 Å². The van der Waals surface area contributed by atoms with Gasteiger partial charge in [0.25, 0.3) is 5.91 Å². The molecule has 3 heterocycles. The van der Waals surface area contributed by atoms with Gasteiger partial charge in [-0.05, 0) is 75.9 Å². The minimum Gasteiger partial charge on any atom is -0.359 e. The number of fused-ring (bicyclic) bond motifs is 1. The average Bonchev–Trinajstić information content (AvgIpc) is 3.07. The average molecular weight is 513 g/mol. The Balaban J connectivity index is 1.47. The number of nitrogens with zero attached hydrogens (tertiary/aromatic N) is 2.